The van der Waals surface area contributed by atoms with E-state index in [4.69, 9.17) is 10.5 Å². The summed E-state index contributed by atoms with van der Waals surface area (Å²) in [5, 5.41) is 2.91. The summed E-state index contributed by atoms with van der Waals surface area (Å²) in [6, 6.07) is 12.9. The fourth-order valence-electron chi connectivity index (χ4n) is 5.84. The zero-order chi connectivity index (χ0) is 26.0. The summed E-state index contributed by atoms with van der Waals surface area (Å²) in [5.74, 6) is -1.27. The van der Waals surface area contributed by atoms with Crippen molar-refractivity contribution >= 4 is 45.0 Å². The number of allylic oxidation sites excluding steroid dienone is 1. The SMILES string of the molecule is CCOC(=O)C1=C(N)N(c2ccc(Br)cc2C)C2=C(C(=O)CC(C)(C)C2)C12C(=O)Nc1ccccc12. The molecule has 2 aliphatic heterocycles. The number of esters is 1. The van der Waals surface area contributed by atoms with Crippen LogP contribution < -0.4 is 16.0 Å². The van der Waals surface area contributed by atoms with Crippen LogP contribution in [0.4, 0.5) is 11.4 Å². The average Bonchev–Trinajstić information content (AvgIpc) is 3.06. The number of para-hydroxylation sites is 1. The summed E-state index contributed by atoms with van der Waals surface area (Å²) in [5.41, 5.74) is 8.45. The molecular formula is C28H28BrN3O4. The predicted octanol–water partition coefficient (Wildman–Crippen LogP) is 4.84. The maximum Gasteiger partial charge on any atom is 0.339 e. The lowest BCUT2D eigenvalue weighted by Crippen LogP contribution is -2.54. The fraction of sp³-hybridized carbons (Fsp3) is 0.321. The van der Waals surface area contributed by atoms with Crippen LogP contribution in [0.5, 0.6) is 0 Å². The number of nitrogens with two attached hydrogens (primary N) is 1. The lowest BCUT2D eigenvalue weighted by atomic mass is 9.60. The number of ether oxygens (including phenoxy) is 1. The van der Waals surface area contributed by atoms with Crippen LogP contribution in [0.3, 0.4) is 0 Å². The molecule has 1 unspecified atom stereocenters. The highest BCUT2D eigenvalue weighted by atomic mass is 79.9. The van der Waals surface area contributed by atoms with Crippen molar-refractivity contribution in [1.29, 1.82) is 0 Å². The molecule has 0 fully saturated rings. The molecule has 8 heteroatoms. The van der Waals surface area contributed by atoms with E-state index in [1.54, 1.807) is 36.1 Å². The quantitative estimate of drug-likeness (QED) is 0.531. The van der Waals surface area contributed by atoms with Crippen molar-refractivity contribution in [2.24, 2.45) is 11.1 Å². The first-order valence-electron chi connectivity index (χ1n) is 11.9. The first kappa shape index (κ1) is 24.3. The normalized spacial score (nSPS) is 22.5. The van der Waals surface area contributed by atoms with Crippen molar-refractivity contribution in [3.8, 4) is 0 Å². The van der Waals surface area contributed by atoms with Gasteiger partial charge in [-0.3, -0.25) is 14.5 Å². The molecule has 36 heavy (non-hydrogen) atoms. The Balaban J connectivity index is 1.93. The van der Waals surface area contributed by atoms with Gasteiger partial charge in [-0.25, -0.2) is 4.79 Å². The first-order valence-corrected chi connectivity index (χ1v) is 12.7. The summed E-state index contributed by atoms with van der Waals surface area (Å²) < 4.78 is 6.36. The minimum absolute atomic E-state index is 0.0269. The second-order valence-electron chi connectivity index (χ2n) is 10.3. The molecule has 0 saturated carbocycles. The molecule has 2 aromatic carbocycles. The highest BCUT2D eigenvalue weighted by Crippen LogP contribution is 2.57. The Bertz CT molecular complexity index is 1410. The number of anilines is 2. The summed E-state index contributed by atoms with van der Waals surface area (Å²) in [7, 11) is 0. The number of ketones is 1. The highest BCUT2D eigenvalue weighted by molar-refractivity contribution is 9.10. The third kappa shape index (κ3) is 3.34. The van der Waals surface area contributed by atoms with Gasteiger partial charge in [0.25, 0.3) is 0 Å². The highest BCUT2D eigenvalue weighted by Gasteiger charge is 2.63. The molecular weight excluding hydrogens is 522 g/mol. The minimum Gasteiger partial charge on any atom is -0.462 e. The Morgan fingerprint density at radius 3 is 2.58 bits per heavy atom. The van der Waals surface area contributed by atoms with Gasteiger partial charge in [0.05, 0.1) is 12.3 Å². The maximum absolute atomic E-state index is 14.0. The number of rotatable bonds is 3. The Morgan fingerprint density at radius 1 is 1.17 bits per heavy atom. The Morgan fingerprint density at radius 2 is 1.89 bits per heavy atom. The van der Waals surface area contributed by atoms with Gasteiger partial charge >= 0.3 is 5.97 Å². The van der Waals surface area contributed by atoms with Gasteiger partial charge in [-0.15, -0.1) is 0 Å². The van der Waals surface area contributed by atoms with Crippen LogP contribution in [0.1, 0.15) is 44.7 Å². The van der Waals surface area contributed by atoms with Crippen molar-refractivity contribution in [3.05, 3.63) is 80.7 Å². The van der Waals surface area contributed by atoms with Crippen molar-refractivity contribution in [3.63, 3.8) is 0 Å². The molecule has 1 amide bonds. The monoisotopic (exact) mass is 549 g/mol. The van der Waals surface area contributed by atoms with E-state index in [0.717, 1.165) is 15.7 Å². The van der Waals surface area contributed by atoms with Crippen LogP contribution in [0.25, 0.3) is 0 Å². The molecule has 0 radical (unpaired) electrons. The summed E-state index contributed by atoms with van der Waals surface area (Å²) in [6.45, 7) is 7.78. The molecule has 1 spiro atoms. The molecule has 186 valence electrons. The molecule has 0 aromatic heterocycles. The van der Waals surface area contributed by atoms with E-state index in [1.807, 2.05) is 39.0 Å². The molecule has 0 saturated heterocycles. The van der Waals surface area contributed by atoms with Crippen LogP contribution in [-0.2, 0) is 24.5 Å². The number of amides is 1. The van der Waals surface area contributed by atoms with Gasteiger partial charge < -0.3 is 15.8 Å². The summed E-state index contributed by atoms with van der Waals surface area (Å²) >= 11 is 3.51. The lowest BCUT2D eigenvalue weighted by Gasteiger charge is -2.47. The van der Waals surface area contributed by atoms with Crippen molar-refractivity contribution in [2.75, 3.05) is 16.8 Å². The standard InChI is InChI=1S/C28H28BrN3O4/c1-5-36-25(34)23-24(30)32(19-11-10-16(29)12-15(19)2)20-13-27(3,4)14-21(33)22(20)28(23)17-8-6-7-9-18(17)31-26(28)35/h6-12H,5,13-14,30H2,1-4H3,(H,31,35). The van der Waals surface area contributed by atoms with Gasteiger partial charge in [0.2, 0.25) is 5.91 Å². The van der Waals surface area contributed by atoms with Crippen molar-refractivity contribution in [1.82, 2.24) is 0 Å². The Kier molecular flexibility index (Phi) is 5.63. The molecule has 3 aliphatic rings. The second-order valence-corrected chi connectivity index (χ2v) is 11.2. The van der Waals surface area contributed by atoms with Crippen molar-refractivity contribution in [2.45, 2.75) is 46.0 Å². The largest absolute Gasteiger partial charge is 0.462 e. The zero-order valence-electron chi connectivity index (χ0n) is 20.7. The van der Waals surface area contributed by atoms with E-state index >= 15 is 0 Å². The number of halogens is 1. The number of Topliss-reactive ketones (excluding diaryl/α,β-unsaturated/α-hetero) is 1. The summed E-state index contributed by atoms with van der Waals surface area (Å²) in [4.78, 5) is 43.4. The van der Waals surface area contributed by atoms with Gasteiger partial charge in [-0.1, -0.05) is 48.0 Å². The Labute approximate surface area is 218 Å². The average molecular weight is 550 g/mol. The molecule has 1 atom stereocenters. The number of nitrogens with zero attached hydrogens (tertiary/aromatic N) is 1. The van der Waals surface area contributed by atoms with E-state index in [2.05, 4.69) is 21.2 Å². The van der Waals surface area contributed by atoms with Crippen LogP contribution in [0.2, 0.25) is 0 Å². The molecule has 5 rings (SSSR count). The maximum atomic E-state index is 14.0. The topological polar surface area (TPSA) is 102 Å². The van der Waals surface area contributed by atoms with Crippen LogP contribution in [0, 0.1) is 12.3 Å². The molecule has 3 N–H and O–H groups in total. The third-order valence-corrected chi connectivity index (χ3v) is 7.66. The molecule has 7 nitrogen and oxygen atoms in total. The van der Waals surface area contributed by atoms with E-state index < -0.39 is 17.3 Å². The zero-order valence-corrected chi connectivity index (χ0v) is 22.3. The van der Waals surface area contributed by atoms with E-state index in [0.29, 0.717) is 28.9 Å². The number of aryl methyl sites for hydroxylation is 1. The van der Waals surface area contributed by atoms with E-state index in [9.17, 15) is 14.4 Å². The summed E-state index contributed by atoms with van der Waals surface area (Å²) in [6.07, 6.45) is 0.740. The number of carbonyl (C=O) groups excluding carboxylic acids is 3. The first-order chi connectivity index (χ1) is 17.0. The van der Waals surface area contributed by atoms with Crippen molar-refractivity contribution < 1.29 is 19.1 Å². The molecule has 2 aromatic rings. The number of hydrogen-bond donors (Lipinski definition) is 2. The van der Waals surface area contributed by atoms with Gasteiger partial charge in [0.1, 0.15) is 16.8 Å². The van der Waals surface area contributed by atoms with Crippen LogP contribution >= 0.6 is 15.9 Å². The molecule has 1 aliphatic carbocycles. The molecule has 2 heterocycles. The Hall–Kier alpha value is -3.39. The fourth-order valence-corrected chi connectivity index (χ4v) is 6.31. The molecule has 0 bridgehead atoms. The predicted molar refractivity (Wildman–Crippen MR) is 141 cm³/mol. The number of fused-ring (bicyclic) bond motifs is 3. The second kappa shape index (κ2) is 8.34. The number of nitrogens with one attached hydrogen (secondary N) is 1. The van der Waals surface area contributed by atoms with Gasteiger partial charge in [-0.2, -0.15) is 0 Å². The van der Waals surface area contributed by atoms with Gasteiger partial charge in [0.15, 0.2) is 5.78 Å². The van der Waals surface area contributed by atoms with Crippen LogP contribution in [0.15, 0.2) is 69.6 Å². The van der Waals surface area contributed by atoms with E-state index in [-0.39, 0.29) is 35.6 Å². The number of hydrogen-bond acceptors (Lipinski definition) is 6. The number of benzene rings is 2. The van der Waals surface area contributed by atoms with Gasteiger partial charge in [0, 0.05) is 33.4 Å². The smallest absolute Gasteiger partial charge is 0.339 e. The number of carbonyl (C=O) groups is 3. The minimum atomic E-state index is -1.68. The van der Waals surface area contributed by atoms with E-state index in [1.165, 1.54) is 0 Å². The van der Waals surface area contributed by atoms with Crippen LogP contribution in [-0.4, -0.2) is 24.3 Å². The van der Waals surface area contributed by atoms with Gasteiger partial charge in [-0.05, 0) is 55.5 Å². The lowest BCUT2D eigenvalue weighted by molar-refractivity contribution is -0.140. The third-order valence-electron chi connectivity index (χ3n) is 7.17.